The number of anilines is 1. The van der Waals surface area contributed by atoms with Crippen LogP contribution in [0.4, 0.5) is 5.69 Å². The van der Waals surface area contributed by atoms with Crippen molar-refractivity contribution in [2.45, 2.75) is 39.7 Å². The maximum atomic E-state index is 6.30. The number of nitrogens with one attached hydrogen (secondary N) is 1. The molecule has 1 unspecified atom stereocenters. The second kappa shape index (κ2) is 6.75. The Bertz CT molecular complexity index is 537. The Morgan fingerprint density at radius 2 is 2.05 bits per heavy atom. The van der Waals surface area contributed by atoms with Gasteiger partial charge in [-0.3, -0.25) is 0 Å². The summed E-state index contributed by atoms with van der Waals surface area (Å²) in [6.07, 6.45) is 5.49. The van der Waals surface area contributed by atoms with Crippen LogP contribution < -0.4 is 5.32 Å². The van der Waals surface area contributed by atoms with E-state index >= 15 is 0 Å². The van der Waals surface area contributed by atoms with Crippen LogP contribution in [0, 0.1) is 5.92 Å². The third-order valence-electron chi connectivity index (χ3n) is 3.21. The normalized spacial score (nSPS) is 12.7. The number of para-hydroxylation sites is 1. The molecule has 0 amide bonds. The fourth-order valence-corrected chi connectivity index (χ4v) is 2.37. The van der Waals surface area contributed by atoms with Gasteiger partial charge in [0.05, 0.1) is 10.7 Å². The minimum atomic E-state index is 0.387. The quantitative estimate of drug-likeness (QED) is 0.869. The van der Waals surface area contributed by atoms with Crippen molar-refractivity contribution in [3.63, 3.8) is 0 Å². The Morgan fingerprint density at radius 1 is 1.25 bits per heavy atom. The first-order valence-corrected chi connectivity index (χ1v) is 7.35. The monoisotopic (exact) mass is 292 g/mol. The summed E-state index contributed by atoms with van der Waals surface area (Å²) < 4.78 is 1.69. The molecule has 1 atom stereocenters. The van der Waals surface area contributed by atoms with Crippen molar-refractivity contribution in [1.29, 1.82) is 0 Å². The lowest BCUT2D eigenvalue weighted by Crippen LogP contribution is -2.17. The van der Waals surface area contributed by atoms with Gasteiger partial charge in [0.1, 0.15) is 18.3 Å². The molecule has 0 radical (unpaired) electrons. The lowest BCUT2D eigenvalue weighted by Gasteiger charge is -2.19. The predicted molar refractivity (Wildman–Crippen MR) is 83.5 cm³/mol. The number of hydrogen-bond donors (Lipinski definition) is 1. The average molecular weight is 293 g/mol. The van der Waals surface area contributed by atoms with Gasteiger partial charge in [0.2, 0.25) is 0 Å². The predicted octanol–water partition coefficient (Wildman–Crippen LogP) is 4.16. The van der Waals surface area contributed by atoms with Crippen molar-refractivity contribution in [3.8, 4) is 5.69 Å². The fraction of sp³-hybridized carbons (Fsp3) is 0.467. The van der Waals surface area contributed by atoms with E-state index in [1.54, 1.807) is 11.0 Å². The number of rotatable bonds is 6. The topological polar surface area (TPSA) is 42.7 Å². The van der Waals surface area contributed by atoms with Crippen LogP contribution in [0.5, 0.6) is 0 Å². The molecule has 2 rings (SSSR count). The molecule has 0 aliphatic carbocycles. The van der Waals surface area contributed by atoms with Crippen LogP contribution in [0.15, 0.2) is 30.9 Å². The summed E-state index contributed by atoms with van der Waals surface area (Å²) in [6.45, 7) is 6.67. The smallest absolute Gasteiger partial charge is 0.138 e. The molecular weight excluding hydrogens is 272 g/mol. The van der Waals surface area contributed by atoms with Crippen LogP contribution in [-0.4, -0.2) is 20.8 Å². The molecule has 1 aromatic heterocycles. The first-order chi connectivity index (χ1) is 9.58. The molecular formula is C15H21ClN4. The van der Waals surface area contributed by atoms with Crippen molar-refractivity contribution >= 4 is 17.3 Å². The molecule has 4 nitrogen and oxygen atoms in total. The van der Waals surface area contributed by atoms with Gasteiger partial charge in [-0.2, -0.15) is 5.10 Å². The van der Waals surface area contributed by atoms with E-state index in [-0.39, 0.29) is 0 Å². The van der Waals surface area contributed by atoms with Gasteiger partial charge in [0.15, 0.2) is 0 Å². The SMILES string of the molecule is CC(C)CCC(C)Nc1cccc(Cl)c1-n1cncn1. The van der Waals surface area contributed by atoms with Gasteiger partial charge in [0.25, 0.3) is 0 Å². The lowest BCUT2D eigenvalue weighted by atomic mass is 10.0. The number of hydrogen-bond acceptors (Lipinski definition) is 3. The first kappa shape index (κ1) is 14.9. The zero-order valence-corrected chi connectivity index (χ0v) is 12.9. The van der Waals surface area contributed by atoms with Crippen molar-refractivity contribution in [2.24, 2.45) is 5.92 Å². The number of benzene rings is 1. The first-order valence-electron chi connectivity index (χ1n) is 6.98. The van der Waals surface area contributed by atoms with E-state index in [4.69, 9.17) is 11.6 Å². The van der Waals surface area contributed by atoms with Crippen LogP contribution in [0.1, 0.15) is 33.6 Å². The summed E-state index contributed by atoms with van der Waals surface area (Å²) >= 11 is 6.30. The molecule has 0 bridgehead atoms. The maximum absolute atomic E-state index is 6.30. The lowest BCUT2D eigenvalue weighted by molar-refractivity contribution is 0.527. The largest absolute Gasteiger partial charge is 0.381 e. The zero-order valence-electron chi connectivity index (χ0n) is 12.2. The van der Waals surface area contributed by atoms with Crippen LogP contribution in [0.2, 0.25) is 5.02 Å². The summed E-state index contributed by atoms with van der Waals surface area (Å²) in [5, 5.41) is 8.36. The van der Waals surface area contributed by atoms with Crippen LogP contribution in [0.25, 0.3) is 5.69 Å². The van der Waals surface area contributed by atoms with E-state index in [0.717, 1.165) is 17.8 Å². The van der Waals surface area contributed by atoms with Crippen LogP contribution in [-0.2, 0) is 0 Å². The van der Waals surface area contributed by atoms with Crippen molar-refractivity contribution in [2.75, 3.05) is 5.32 Å². The fourth-order valence-electron chi connectivity index (χ4n) is 2.11. The minimum absolute atomic E-state index is 0.387. The standard InChI is InChI=1S/C15H21ClN4/c1-11(2)7-8-12(3)19-14-6-4-5-13(16)15(14)20-10-17-9-18-20/h4-6,9-12,19H,7-8H2,1-3H3. The molecule has 0 aliphatic rings. The molecule has 0 fully saturated rings. The number of halogens is 1. The Morgan fingerprint density at radius 3 is 2.70 bits per heavy atom. The molecule has 108 valence electrons. The molecule has 1 aromatic carbocycles. The van der Waals surface area contributed by atoms with Crippen molar-refractivity contribution < 1.29 is 0 Å². The Balaban J connectivity index is 2.18. The van der Waals surface area contributed by atoms with Crippen molar-refractivity contribution in [3.05, 3.63) is 35.9 Å². The van der Waals surface area contributed by atoms with Crippen LogP contribution >= 0.6 is 11.6 Å². The minimum Gasteiger partial charge on any atom is -0.381 e. The van der Waals surface area contributed by atoms with E-state index < -0.39 is 0 Å². The highest BCUT2D eigenvalue weighted by molar-refractivity contribution is 6.33. The summed E-state index contributed by atoms with van der Waals surface area (Å²) in [5.74, 6) is 0.716. The Labute approximate surface area is 125 Å². The van der Waals surface area contributed by atoms with Crippen LogP contribution in [0.3, 0.4) is 0 Å². The van der Waals surface area contributed by atoms with E-state index in [0.29, 0.717) is 17.0 Å². The van der Waals surface area contributed by atoms with Gasteiger partial charge in [-0.25, -0.2) is 9.67 Å². The molecule has 0 spiro atoms. The molecule has 0 saturated heterocycles. The van der Waals surface area contributed by atoms with E-state index in [1.165, 1.54) is 12.7 Å². The molecule has 1 heterocycles. The highest BCUT2D eigenvalue weighted by atomic mass is 35.5. The highest BCUT2D eigenvalue weighted by Crippen LogP contribution is 2.28. The molecule has 20 heavy (non-hydrogen) atoms. The summed E-state index contributed by atoms with van der Waals surface area (Å²) in [7, 11) is 0. The number of aromatic nitrogens is 3. The van der Waals surface area contributed by atoms with E-state index in [9.17, 15) is 0 Å². The Kier molecular flexibility index (Phi) is 5.01. The third kappa shape index (κ3) is 3.73. The van der Waals surface area contributed by atoms with Gasteiger partial charge in [-0.15, -0.1) is 0 Å². The second-order valence-electron chi connectivity index (χ2n) is 5.49. The summed E-state index contributed by atoms with van der Waals surface area (Å²) in [5.41, 5.74) is 1.84. The second-order valence-corrected chi connectivity index (χ2v) is 5.90. The number of nitrogens with zero attached hydrogens (tertiary/aromatic N) is 3. The van der Waals surface area contributed by atoms with E-state index in [2.05, 4.69) is 36.2 Å². The van der Waals surface area contributed by atoms with Gasteiger partial charge < -0.3 is 5.32 Å². The van der Waals surface area contributed by atoms with E-state index in [1.807, 2.05) is 18.2 Å². The molecule has 2 aromatic rings. The van der Waals surface area contributed by atoms with Crippen molar-refractivity contribution in [1.82, 2.24) is 14.8 Å². The molecule has 0 aliphatic heterocycles. The van der Waals surface area contributed by atoms with Gasteiger partial charge in [-0.1, -0.05) is 31.5 Å². The van der Waals surface area contributed by atoms with Gasteiger partial charge in [-0.05, 0) is 37.8 Å². The maximum Gasteiger partial charge on any atom is 0.138 e. The summed E-state index contributed by atoms with van der Waals surface area (Å²) in [6, 6.07) is 6.22. The van der Waals surface area contributed by atoms with Gasteiger partial charge in [0, 0.05) is 6.04 Å². The third-order valence-corrected chi connectivity index (χ3v) is 3.52. The Hall–Kier alpha value is -1.55. The summed E-state index contributed by atoms with van der Waals surface area (Å²) in [4.78, 5) is 3.98. The molecule has 0 saturated carbocycles. The molecule has 1 N–H and O–H groups in total. The highest BCUT2D eigenvalue weighted by Gasteiger charge is 2.12. The average Bonchev–Trinajstić information content (AvgIpc) is 2.90. The van der Waals surface area contributed by atoms with Gasteiger partial charge >= 0.3 is 0 Å². The zero-order chi connectivity index (χ0) is 14.5. The molecule has 5 heteroatoms.